The Kier molecular flexibility index (Phi) is 2.72. The molecule has 0 aliphatic heterocycles. The smallest absolute Gasteiger partial charge is 0.140 e. The molecule has 2 aromatic heterocycles. The summed E-state index contributed by atoms with van der Waals surface area (Å²) >= 11 is 0. The quantitative estimate of drug-likeness (QED) is 0.752. The molecule has 17 heavy (non-hydrogen) atoms. The highest BCUT2D eigenvalue weighted by molar-refractivity contribution is 5.46. The predicted molar refractivity (Wildman–Crippen MR) is 70.5 cm³/mol. The Morgan fingerprint density at radius 2 is 1.88 bits per heavy atom. The number of nitrogens with zero attached hydrogens (tertiary/aromatic N) is 3. The normalized spacial score (nSPS) is 12.6. The SMILES string of the molecule is Cc1cc2nc(C(C)(C)C)c(C(C)C)n2cn1. The van der Waals surface area contributed by atoms with Gasteiger partial charge in [-0.15, -0.1) is 0 Å². The van der Waals surface area contributed by atoms with Crippen LogP contribution in [0.1, 0.15) is 57.6 Å². The monoisotopic (exact) mass is 231 g/mol. The van der Waals surface area contributed by atoms with Crippen LogP contribution in [0.5, 0.6) is 0 Å². The van der Waals surface area contributed by atoms with Crippen LogP contribution in [0, 0.1) is 6.92 Å². The number of hydrogen-bond donors (Lipinski definition) is 0. The van der Waals surface area contributed by atoms with E-state index in [0.29, 0.717) is 5.92 Å². The third-order valence-electron chi connectivity index (χ3n) is 2.95. The van der Waals surface area contributed by atoms with E-state index < -0.39 is 0 Å². The van der Waals surface area contributed by atoms with Crippen molar-refractivity contribution in [2.45, 2.75) is 52.9 Å². The summed E-state index contributed by atoms with van der Waals surface area (Å²) < 4.78 is 2.12. The highest BCUT2D eigenvalue weighted by Gasteiger charge is 2.25. The molecule has 92 valence electrons. The minimum Gasteiger partial charge on any atom is -0.287 e. The van der Waals surface area contributed by atoms with Crippen LogP contribution in [0.15, 0.2) is 12.4 Å². The van der Waals surface area contributed by atoms with Gasteiger partial charge in [0.2, 0.25) is 0 Å². The van der Waals surface area contributed by atoms with Crippen LogP contribution in [-0.4, -0.2) is 14.4 Å². The van der Waals surface area contributed by atoms with E-state index in [9.17, 15) is 0 Å². The first-order valence-corrected chi connectivity index (χ1v) is 6.16. The van der Waals surface area contributed by atoms with Crippen LogP contribution in [0.25, 0.3) is 5.65 Å². The average molecular weight is 231 g/mol. The number of hydrogen-bond acceptors (Lipinski definition) is 2. The maximum Gasteiger partial charge on any atom is 0.140 e. The van der Waals surface area contributed by atoms with Crippen LogP contribution in [0.3, 0.4) is 0 Å². The fraction of sp³-hybridized carbons (Fsp3) is 0.571. The molecule has 0 radical (unpaired) electrons. The zero-order valence-electron chi connectivity index (χ0n) is 11.6. The highest BCUT2D eigenvalue weighted by Crippen LogP contribution is 2.30. The van der Waals surface area contributed by atoms with Crippen molar-refractivity contribution in [2.24, 2.45) is 0 Å². The minimum absolute atomic E-state index is 0.0690. The molecular weight excluding hydrogens is 210 g/mol. The lowest BCUT2D eigenvalue weighted by molar-refractivity contribution is 0.557. The highest BCUT2D eigenvalue weighted by atomic mass is 15.1. The van der Waals surface area contributed by atoms with Gasteiger partial charge in [-0.3, -0.25) is 4.40 Å². The van der Waals surface area contributed by atoms with E-state index in [4.69, 9.17) is 4.98 Å². The molecule has 3 nitrogen and oxygen atoms in total. The zero-order valence-corrected chi connectivity index (χ0v) is 11.6. The fourth-order valence-corrected chi connectivity index (χ4v) is 2.16. The molecule has 0 amide bonds. The number of aryl methyl sites for hydroxylation is 1. The molecule has 0 bridgehead atoms. The van der Waals surface area contributed by atoms with E-state index in [2.05, 4.69) is 44.0 Å². The molecule has 0 saturated heterocycles. The van der Waals surface area contributed by atoms with Crippen molar-refractivity contribution in [3.05, 3.63) is 29.5 Å². The molecule has 3 heteroatoms. The minimum atomic E-state index is 0.0690. The maximum atomic E-state index is 4.79. The maximum absolute atomic E-state index is 4.79. The number of fused-ring (bicyclic) bond motifs is 1. The molecule has 0 N–H and O–H groups in total. The summed E-state index contributed by atoms with van der Waals surface area (Å²) in [7, 11) is 0. The van der Waals surface area contributed by atoms with E-state index in [1.807, 2.05) is 19.3 Å². The van der Waals surface area contributed by atoms with E-state index >= 15 is 0 Å². The third kappa shape index (κ3) is 2.06. The second-order valence-corrected chi connectivity index (χ2v) is 6.01. The lowest BCUT2D eigenvalue weighted by atomic mass is 9.88. The van der Waals surface area contributed by atoms with Gasteiger partial charge in [-0.25, -0.2) is 9.97 Å². The van der Waals surface area contributed by atoms with Gasteiger partial charge in [0.25, 0.3) is 0 Å². The van der Waals surface area contributed by atoms with Crippen LogP contribution in [0.2, 0.25) is 0 Å². The third-order valence-corrected chi connectivity index (χ3v) is 2.95. The Bertz CT molecular complexity index is 544. The van der Waals surface area contributed by atoms with Crippen molar-refractivity contribution < 1.29 is 0 Å². The standard InChI is InChI=1S/C14H21N3/c1-9(2)12-13(14(4,5)6)16-11-7-10(3)15-8-17(11)12/h7-9H,1-6H3. The summed E-state index contributed by atoms with van der Waals surface area (Å²) in [6, 6.07) is 2.04. The Balaban J connectivity index is 2.80. The van der Waals surface area contributed by atoms with E-state index in [1.54, 1.807) is 0 Å². The summed E-state index contributed by atoms with van der Waals surface area (Å²) in [5, 5.41) is 0. The van der Waals surface area contributed by atoms with Gasteiger partial charge in [0.05, 0.1) is 11.4 Å². The first-order valence-electron chi connectivity index (χ1n) is 6.16. The molecule has 0 aliphatic rings. The van der Waals surface area contributed by atoms with Gasteiger partial charge < -0.3 is 0 Å². The fourth-order valence-electron chi connectivity index (χ4n) is 2.16. The average Bonchev–Trinajstić information content (AvgIpc) is 2.55. The molecule has 0 saturated carbocycles. The first-order chi connectivity index (χ1) is 7.80. The molecule has 0 spiro atoms. The molecule has 2 rings (SSSR count). The summed E-state index contributed by atoms with van der Waals surface area (Å²) in [4.78, 5) is 9.16. The van der Waals surface area contributed by atoms with Gasteiger partial charge in [-0.1, -0.05) is 34.6 Å². The topological polar surface area (TPSA) is 30.2 Å². The lowest BCUT2D eigenvalue weighted by Gasteiger charge is -2.19. The second-order valence-electron chi connectivity index (χ2n) is 6.01. The molecular formula is C14H21N3. The van der Waals surface area contributed by atoms with Crippen LogP contribution in [0.4, 0.5) is 0 Å². The number of rotatable bonds is 1. The predicted octanol–water partition coefficient (Wildman–Crippen LogP) is 3.46. The molecule has 0 aromatic carbocycles. The van der Waals surface area contributed by atoms with Crippen LogP contribution >= 0.6 is 0 Å². The van der Waals surface area contributed by atoms with E-state index in [0.717, 1.165) is 11.3 Å². The van der Waals surface area contributed by atoms with Crippen molar-refractivity contribution >= 4 is 5.65 Å². The zero-order chi connectivity index (χ0) is 12.8. The van der Waals surface area contributed by atoms with Gasteiger partial charge in [-0.2, -0.15) is 0 Å². The van der Waals surface area contributed by atoms with Gasteiger partial charge >= 0.3 is 0 Å². The molecule has 0 unspecified atom stereocenters. The lowest BCUT2D eigenvalue weighted by Crippen LogP contribution is -2.15. The van der Waals surface area contributed by atoms with Gasteiger partial charge in [0, 0.05) is 17.2 Å². The second kappa shape index (κ2) is 3.83. The Labute approximate surface area is 103 Å². The molecule has 0 fully saturated rings. The van der Waals surface area contributed by atoms with Crippen LogP contribution in [-0.2, 0) is 5.41 Å². The van der Waals surface area contributed by atoms with Gasteiger partial charge in [-0.05, 0) is 12.8 Å². The Morgan fingerprint density at radius 1 is 1.24 bits per heavy atom. The van der Waals surface area contributed by atoms with Gasteiger partial charge in [0.15, 0.2) is 0 Å². The number of aromatic nitrogens is 3. The summed E-state index contributed by atoms with van der Waals surface area (Å²) in [6.07, 6.45) is 1.89. The summed E-state index contributed by atoms with van der Waals surface area (Å²) in [6.45, 7) is 13.0. The largest absolute Gasteiger partial charge is 0.287 e. The van der Waals surface area contributed by atoms with E-state index in [-0.39, 0.29) is 5.41 Å². The summed E-state index contributed by atoms with van der Waals surface area (Å²) in [5.74, 6) is 0.448. The van der Waals surface area contributed by atoms with Crippen molar-refractivity contribution in [1.82, 2.24) is 14.4 Å². The molecule has 0 atom stereocenters. The van der Waals surface area contributed by atoms with Crippen molar-refractivity contribution in [3.8, 4) is 0 Å². The van der Waals surface area contributed by atoms with E-state index in [1.165, 1.54) is 11.4 Å². The number of imidazole rings is 1. The Morgan fingerprint density at radius 3 is 2.41 bits per heavy atom. The molecule has 2 aromatic rings. The molecule has 0 aliphatic carbocycles. The van der Waals surface area contributed by atoms with Crippen molar-refractivity contribution in [2.75, 3.05) is 0 Å². The van der Waals surface area contributed by atoms with Crippen LogP contribution < -0.4 is 0 Å². The summed E-state index contributed by atoms with van der Waals surface area (Å²) in [5.41, 5.74) is 4.55. The Hall–Kier alpha value is -1.38. The van der Waals surface area contributed by atoms with Crippen molar-refractivity contribution in [1.29, 1.82) is 0 Å². The first kappa shape index (κ1) is 12.1. The van der Waals surface area contributed by atoms with Gasteiger partial charge in [0.1, 0.15) is 12.0 Å². The van der Waals surface area contributed by atoms with Crippen molar-refractivity contribution in [3.63, 3.8) is 0 Å². The molecule has 2 heterocycles.